The van der Waals surface area contributed by atoms with Crippen LogP contribution in [0.5, 0.6) is 0 Å². The van der Waals surface area contributed by atoms with Crippen LogP contribution in [0.25, 0.3) is 0 Å². The quantitative estimate of drug-likeness (QED) is 0.149. The minimum atomic E-state index is -1.12. The van der Waals surface area contributed by atoms with Crippen molar-refractivity contribution in [3.05, 3.63) is 61.2 Å². The molecule has 3 heterocycles. The number of likely N-dealkylation sites (tertiary alicyclic amines) is 1. The number of allylic oxidation sites excluding steroid dienone is 1. The predicted molar refractivity (Wildman–Crippen MR) is 165 cm³/mol. The van der Waals surface area contributed by atoms with Gasteiger partial charge in [0.25, 0.3) is 0 Å². The van der Waals surface area contributed by atoms with Crippen molar-refractivity contribution in [1.82, 2.24) is 15.1 Å². The van der Waals surface area contributed by atoms with Crippen LogP contribution in [0, 0.1) is 11.8 Å². The van der Waals surface area contributed by atoms with Gasteiger partial charge in [-0.3, -0.25) is 19.2 Å². The molecule has 3 amide bonds. The zero-order valence-electron chi connectivity index (χ0n) is 25.8. The molecule has 3 aliphatic heterocycles. The number of hydrogen-bond donors (Lipinski definition) is 2. The van der Waals surface area contributed by atoms with E-state index in [4.69, 9.17) is 9.47 Å². The fraction of sp³-hybridized carbons (Fsp3) is 0.588. The van der Waals surface area contributed by atoms with Gasteiger partial charge in [0.05, 0.1) is 24.5 Å². The molecule has 0 aromatic heterocycles. The lowest BCUT2D eigenvalue weighted by Gasteiger charge is -2.37. The minimum absolute atomic E-state index is 0.112. The maximum Gasteiger partial charge on any atom is 0.312 e. The van der Waals surface area contributed by atoms with Gasteiger partial charge in [-0.15, -0.1) is 13.2 Å². The third-order valence-electron chi connectivity index (χ3n) is 8.97. The molecule has 3 fully saturated rings. The molecule has 10 nitrogen and oxygen atoms in total. The average molecular weight is 610 g/mol. The molecule has 4 rings (SSSR count). The molecule has 1 aromatic carbocycles. The number of ether oxygens (including phenoxy) is 2. The van der Waals surface area contributed by atoms with Crippen molar-refractivity contribution >= 4 is 23.7 Å². The van der Waals surface area contributed by atoms with Crippen molar-refractivity contribution in [2.45, 2.75) is 88.7 Å². The van der Waals surface area contributed by atoms with Crippen molar-refractivity contribution in [3.8, 4) is 0 Å². The number of fused-ring (bicyclic) bond motifs is 1. The van der Waals surface area contributed by atoms with Gasteiger partial charge in [-0.05, 0) is 44.6 Å². The number of nitrogens with zero attached hydrogens (tertiary/aromatic N) is 2. The fourth-order valence-corrected chi connectivity index (χ4v) is 6.95. The highest BCUT2D eigenvalue weighted by atomic mass is 16.6. The van der Waals surface area contributed by atoms with E-state index >= 15 is 0 Å². The highest BCUT2D eigenvalue weighted by Gasteiger charge is 2.75. The molecule has 0 aliphatic carbocycles. The first-order valence-corrected chi connectivity index (χ1v) is 15.9. The topological polar surface area (TPSA) is 125 Å². The van der Waals surface area contributed by atoms with E-state index in [-0.39, 0.29) is 30.9 Å². The van der Waals surface area contributed by atoms with E-state index in [1.807, 2.05) is 30.3 Å². The molecule has 0 unspecified atom stereocenters. The first kappa shape index (κ1) is 33.4. The molecule has 44 heavy (non-hydrogen) atoms. The molecular weight excluding hydrogens is 562 g/mol. The number of aliphatic hydroxyl groups is 1. The average Bonchev–Trinajstić information content (AvgIpc) is 3.66. The van der Waals surface area contributed by atoms with Gasteiger partial charge < -0.3 is 29.7 Å². The minimum Gasteiger partial charge on any atom is -0.460 e. The van der Waals surface area contributed by atoms with E-state index < -0.39 is 41.7 Å². The maximum absolute atomic E-state index is 14.4. The summed E-state index contributed by atoms with van der Waals surface area (Å²) in [6.07, 6.45) is 7.09. The predicted octanol–water partition coefficient (Wildman–Crippen LogP) is 3.14. The van der Waals surface area contributed by atoms with Gasteiger partial charge in [-0.1, -0.05) is 55.3 Å². The van der Waals surface area contributed by atoms with Gasteiger partial charge in [0.15, 0.2) is 0 Å². The number of nitrogens with one attached hydrogen (secondary N) is 1. The molecule has 6 atom stereocenters. The van der Waals surface area contributed by atoms with Gasteiger partial charge in [0, 0.05) is 32.7 Å². The molecule has 3 aliphatic rings. The summed E-state index contributed by atoms with van der Waals surface area (Å²) < 4.78 is 12.3. The highest BCUT2D eigenvalue weighted by Crippen LogP contribution is 2.59. The molecule has 0 saturated carbocycles. The number of benzene rings is 1. The number of amides is 3. The largest absolute Gasteiger partial charge is 0.460 e. The van der Waals surface area contributed by atoms with Gasteiger partial charge >= 0.3 is 5.97 Å². The lowest BCUT2D eigenvalue weighted by molar-refractivity contribution is -0.159. The van der Waals surface area contributed by atoms with Gasteiger partial charge in [0.1, 0.15) is 17.7 Å². The van der Waals surface area contributed by atoms with Crippen LogP contribution in [-0.4, -0.2) is 88.7 Å². The Morgan fingerprint density at radius 3 is 2.64 bits per heavy atom. The zero-order chi connectivity index (χ0) is 31.7. The van der Waals surface area contributed by atoms with E-state index in [2.05, 4.69) is 18.5 Å². The number of hydrogen-bond acceptors (Lipinski definition) is 7. The molecule has 240 valence electrons. The number of rotatable bonds is 18. The Balaban J connectivity index is 1.55. The summed E-state index contributed by atoms with van der Waals surface area (Å²) in [5, 5.41) is 11.9. The van der Waals surface area contributed by atoms with Gasteiger partial charge in [-0.25, -0.2) is 0 Å². The smallest absolute Gasteiger partial charge is 0.312 e. The second kappa shape index (κ2) is 15.5. The molecule has 2 bridgehead atoms. The first-order valence-electron chi connectivity index (χ1n) is 15.9. The number of carbonyl (C=O) groups is 4. The van der Waals surface area contributed by atoms with Crippen LogP contribution in [0.2, 0.25) is 0 Å². The Morgan fingerprint density at radius 1 is 1.18 bits per heavy atom. The van der Waals surface area contributed by atoms with E-state index in [0.717, 1.165) is 18.4 Å². The SMILES string of the molecule is C=CCCC(=O)NC[C@H](C)OC(=O)[C@@H]1[C@@H]2CC[C@]3(O2)[C@H](C(=O)N(CC=C)Cc2ccccc2)N(CCCCCCO)C(=O)[C@@H]13. The van der Waals surface area contributed by atoms with Crippen molar-refractivity contribution in [1.29, 1.82) is 0 Å². The van der Waals surface area contributed by atoms with Crippen LogP contribution in [0.15, 0.2) is 55.6 Å². The Kier molecular flexibility index (Phi) is 11.7. The van der Waals surface area contributed by atoms with E-state index in [0.29, 0.717) is 58.2 Å². The summed E-state index contributed by atoms with van der Waals surface area (Å²) >= 11 is 0. The Labute approximate surface area is 260 Å². The zero-order valence-corrected chi connectivity index (χ0v) is 25.8. The summed E-state index contributed by atoms with van der Waals surface area (Å²) in [6, 6.07) is 8.80. The molecular formula is C34H47N3O7. The van der Waals surface area contributed by atoms with Crippen molar-refractivity contribution in [2.24, 2.45) is 11.8 Å². The van der Waals surface area contributed by atoms with Crippen LogP contribution < -0.4 is 5.32 Å². The standard InChI is InChI=1S/C34H47N3O7/c1-4-6-16-27(39)35-22-24(3)43-33(42)28-26-17-18-34(44-26)29(28)31(40)37(20-12-7-8-13-21-38)30(34)32(41)36(19-5-2)23-25-14-10-9-11-15-25/h4-5,9-11,14-15,24,26,28-30,38H,1-2,6-8,12-13,16-23H2,3H3,(H,35,39)/t24-,26-,28+,29+,30-,34+/m0/s1. The number of unbranched alkanes of at least 4 members (excludes halogenated alkanes) is 3. The van der Waals surface area contributed by atoms with Gasteiger partial charge in [-0.2, -0.15) is 0 Å². The number of aliphatic hydroxyl groups excluding tert-OH is 1. The summed E-state index contributed by atoms with van der Waals surface area (Å²) in [4.78, 5) is 57.6. The molecule has 3 saturated heterocycles. The molecule has 1 spiro atoms. The monoisotopic (exact) mass is 609 g/mol. The van der Waals surface area contributed by atoms with Crippen LogP contribution in [0.3, 0.4) is 0 Å². The lowest BCUT2D eigenvalue weighted by atomic mass is 9.70. The number of esters is 1. The van der Waals surface area contributed by atoms with E-state index in [9.17, 15) is 24.3 Å². The second-order valence-electron chi connectivity index (χ2n) is 12.1. The van der Waals surface area contributed by atoms with Crippen molar-refractivity contribution in [2.75, 3.05) is 26.2 Å². The van der Waals surface area contributed by atoms with E-state index in [1.54, 1.807) is 28.9 Å². The third-order valence-corrected chi connectivity index (χ3v) is 8.97. The van der Waals surface area contributed by atoms with Crippen molar-refractivity contribution < 1.29 is 33.8 Å². The van der Waals surface area contributed by atoms with Crippen LogP contribution in [-0.2, 0) is 35.2 Å². The Hall–Kier alpha value is -3.50. The van der Waals surface area contributed by atoms with Crippen LogP contribution >= 0.6 is 0 Å². The summed E-state index contributed by atoms with van der Waals surface area (Å²) in [6.45, 7) is 10.5. The second-order valence-corrected chi connectivity index (χ2v) is 12.1. The summed E-state index contributed by atoms with van der Waals surface area (Å²) in [5.74, 6) is -2.81. The highest BCUT2D eigenvalue weighted by molar-refractivity contribution is 5.98. The van der Waals surface area contributed by atoms with Crippen molar-refractivity contribution in [3.63, 3.8) is 0 Å². The molecule has 1 aromatic rings. The molecule has 10 heteroatoms. The Morgan fingerprint density at radius 2 is 1.93 bits per heavy atom. The van der Waals surface area contributed by atoms with Crippen LogP contribution in [0.1, 0.15) is 63.9 Å². The van der Waals surface area contributed by atoms with E-state index in [1.165, 1.54) is 0 Å². The molecule has 2 N–H and O–H groups in total. The fourth-order valence-electron chi connectivity index (χ4n) is 6.95. The lowest BCUT2D eigenvalue weighted by Crippen LogP contribution is -2.56. The number of carbonyl (C=O) groups excluding carboxylic acids is 4. The Bertz CT molecular complexity index is 1190. The van der Waals surface area contributed by atoms with Crippen LogP contribution in [0.4, 0.5) is 0 Å². The maximum atomic E-state index is 14.4. The third kappa shape index (κ3) is 7.24. The van der Waals surface area contributed by atoms with Gasteiger partial charge in [0.2, 0.25) is 17.7 Å². The summed E-state index contributed by atoms with van der Waals surface area (Å²) in [5.41, 5.74) is -0.161. The summed E-state index contributed by atoms with van der Waals surface area (Å²) in [7, 11) is 0. The molecule has 0 radical (unpaired) electrons. The normalized spacial score (nSPS) is 25.8. The first-order chi connectivity index (χ1) is 21.3.